The fourth-order valence-corrected chi connectivity index (χ4v) is 3.55. The van der Waals surface area contributed by atoms with E-state index in [0.717, 1.165) is 6.42 Å². The molecule has 0 spiro atoms. The average molecular weight is 299 g/mol. The largest absolute Gasteiger partial charge is 0.399 e. The quantitative estimate of drug-likeness (QED) is 0.803. The third-order valence-electron chi connectivity index (χ3n) is 3.76. The van der Waals surface area contributed by atoms with Crippen LogP contribution in [0.25, 0.3) is 0 Å². The molecule has 7 heteroatoms. The number of hydrogen-bond acceptors (Lipinski definition) is 5. The Morgan fingerprint density at radius 1 is 1.45 bits per heavy atom. The predicted octanol–water partition coefficient (Wildman–Crippen LogP) is 0.790. The number of ether oxygens (including phenoxy) is 1. The highest BCUT2D eigenvalue weighted by Crippen LogP contribution is 2.31. The van der Waals surface area contributed by atoms with Crippen LogP contribution in [0.1, 0.15) is 13.3 Å². The molecule has 2 atom stereocenters. The van der Waals surface area contributed by atoms with E-state index in [-0.39, 0.29) is 17.0 Å². The summed E-state index contributed by atoms with van der Waals surface area (Å²) in [4.78, 5) is 2.16. The number of nitrogens with one attached hydrogen (secondary N) is 1. The van der Waals surface area contributed by atoms with Gasteiger partial charge in [-0.15, -0.1) is 0 Å². The van der Waals surface area contributed by atoms with Gasteiger partial charge in [-0.3, -0.25) is 0 Å². The Balaban J connectivity index is 2.46. The molecule has 1 saturated heterocycles. The zero-order valence-corrected chi connectivity index (χ0v) is 12.8. The summed E-state index contributed by atoms with van der Waals surface area (Å²) in [5, 5.41) is 0. The highest BCUT2D eigenvalue weighted by atomic mass is 32.2. The molecule has 2 unspecified atom stereocenters. The number of nitrogens with two attached hydrogens (primary N) is 1. The molecule has 6 nitrogen and oxygen atoms in total. The molecule has 0 bridgehead atoms. The maximum Gasteiger partial charge on any atom is 0.242 e. The molecule has 20 heavy (non-hydrogen) atoms. The SMILES string of the molecule is CNS(=O)(=O)c1cc(N)ccc1N(C)C1CCOC1C. The topological polar surface area (TPSA) is 84.7 Å². The van der Waals surface area contributed by atoms with Gasteiger partial charge in [0.2, 0.25) is 10.0 Å². The Bertz CT molecular complexity index is 589. The molecule has 112 valence electrons. The van der Waals surface area contributed by atoms with Crippen molar-refractivity contribution in [3.8, 4) is 0 Å². The van der Waals surface area contributed by atoms with E-state index < -0.39 is 10.0 Å². The average Bonchev–Trinajstić information content (AvgIpc) is 2.84. The van der Waals surface area contributed by atoms with Gasteiger partial charge in [0.25, 0.3) is 0 Å². The van der Waals surface area contributed by atoms with E-state index in [1.807, 2.05) is 18.9 Å². The van der Waals surface area contributed by atoms with Gasteiger partial charge in [0, 0.05) is 19.3 Å². The number of hydrogen-bond donors (Lipinski definition) is 2. The molecular formula is C13H21N3O3S. The van der Waals surface area contributed by atoms with Crippen LogP contribution in [0.5, 0.6) is 0 Å². The molecule has 0 aromatic heterocycles. The third-order valence-corrected chi connectivity index (χ3v) is 5.20. The summed E-state index contributed by atoms with van der Waals surface area (Å²) < 4.78 is 32.2. The lowest BCUT2D eigenvalue weighted by atomic mass is 10.1. The van der Waals surface area contributed by atoms with Crippen molar-refractivity contribution >= 4 is 21.4 Å². The van der Waals surface area contributed by atoms with E-state index in [0.29, 0.717) is 18.0 Å². The normalized spacial score (nSPS) is 22.9. The summed E-state index contributed by atoms with van der Waals surface area (Å²) in [7, 11) is -0.278. The molecule has 0 saturated carbocycles. The van der Waals surface area contributed by atoms with Gasteiger partial charge in [0.15, 0.2) is 0 Å². The van der Waals surface area contributed by atoms with Crippen LogP contribution in [0.4, 0.5) is 11.4 Å². The summed E-state index contributed by atoms with van der Waals surface area (Å²) in [5.41, 5.74) is 6.78. The first-order valence-electron chi connectivity index (χ1n) is 6.54. The lowest BCUT2D eigenvalue weighted by Crippen LogP contribution is -2.38. The van der Waals surface area contributed by atoms with Crippen molar-refractivity contribution in [3.63, 3.8) is 0 Å². The van der Waals surface area contributed by atoms with E-state index in [2.05, 4.69) is 4.72 Å². The number of sulfonamides is 1. The number of nitrogens with zero attached hydrogens (tertiary/aromatic N) is 1. The van der Waals surface area contributed by atoms with Crippen LogP contribution in [0.2, 0.25) is 0 Å². The third kappa shape index (κ3) is 2.74. The van der Waals surface area contributed by atoms with Crippen LogP contribution in [0.15, 0.2) is 23.1 Å². The summed E-state index contributed by atoms with van der Waals surface area (Å²) in [6.07, 6.45) is 0.948. The second-order valence-corrected chi connectivity index (χ2v) is 6.83. The standard InChI is InChI=1S/C13H21N3O3S/c1-9-11(6-7-19-9)16(3)12-5-4-10(14)8-13(12)20(17,18)15-2/h4-5,8-9,11,15H,6-7,14H2,1-3H3. The number of benzene rings is 1. The summed E-state index contributed by atoms with van der Waals surface area (Å²) in [6, 6.07) is 5.09. The van der Waals surface area contributed by atoms with Crippen LogP contribution >= 0.6 is 0 Å². The molecule has 0 aliphatic carbocycles. The Hall–Kier alpha value is -1.31. The Kier molecular flexibility index (Phi) is 4.22. The Morgan fingerprint density at radius 3 is 2.70 bits per heavy atom. The van der Waals surface area contributed by atoms with Crippen LogP contribution in [0, 0.1) is 0 Å². The summed E-state index contributed by atoms with van der Waals surface area (Å²) in [6.45, 7) is 2.69. The molecule has 1 aliphatic heterocycles. The van der Waals surface area contributed by atoms with Gasteiger partial charge in [-0.25, -0.2) is 13.1 Å². The van der Waals surface area contributed by atoms with Crippen LogP contribution in [-0.2, 0) is 14.8 Å². The van der Waals surface area contributed by atoms with Crippen molar-refractivity contribution < 1.29 is 13.2 Å². The second kappa shape index (κ2) is 5.59. The van der Waals surface area contributed by atoms with Gasteiger partial charge < -0.3 is 15.4 Å². The van der Waals surface area contributed by atoms with Gasteiger partial charge in [-0.1, -0.05) is 0 Å². The number of nitrogen functional groups attached to an aromatic ring is 1. The minimum absolute atomic E-state index is 0.0719. The van der Waals surface area contributed by atoms with E-state index >= 15 is 0 Å². The minimum Gasteiger partial charge on any atom is -0.399 e. The van der Waals surface area contributed by atoms with Gasteiger partial charge >= 0.3 is 0 Å². The summed E-state index contributed by atoms with van der Waals surface area (Å²) >= 11 is 0. The summed E-state index contributed by atoms with van der Waals surface area (Å²) in [5.74, 6) is 0. The van der Waals surface area contributed by atoms with Crippen molar-refractivity contribution in [2.75, 3.05) is 31.3 Å². The zero-order valence-electron chi connectivity index (χ0n) is 12.0. The molecule has 3 N–H and O–H groups in total. The van der Waals surface area contributed by atoms with Crippen molar-refractivity contribution in [2.45, 2.75) is 30.4 Å². The van der Waals surface area contributed by atoms with E-state index in [1.54, 1.807) is 12.1 Å². The second-order valence-electron chi connectivity index (χ2n) is 4.98. The van der Waals surface area contributed by atoms with Crippen LogP contribution in [0.3, 0.4) is 0 Å². The Labute approximate surface area is 120 Å². The highest BCUT2D eigenvalue weighted by Gasteiger charge is 2.30. The highest BCUT2D eigenvalue weighted by molar-refractivity contribution is 7.89. The first-order chi connectivity index (χ1) is 9.36. The van der Waals surface area contributed by atoms with Gasteiger partial charge in [-0.2, -0.15) is 0 Å². The number of likely N-dealkylation sites (N-methyl/N-ethyl adjacent to an activating group) is 1. The molecule has 0 radical (unpaired) electrons. The van der Waals surface area contributed by atoms with Crippen LogP contribution < -0.4 is 15.4 Å². The fraction of sp³-hybridized carbons (Fsp3) is 0.538. The van der Waals surface area contributed by atoms with E-state index in [4.69, 9.17) is 10.5 Å². The molecule has 0 amide bonds. The maximum atomic E-state index is 12.2. The monoisotopic (exact) mass is 299 g/mol. The zero-order chi connectivity index (χ0) is 14.9. The fourth-order valence-electron chi connectivity index (χ4n) is 2.55. The number of rotatable bonds is 4. The lowest BCUT2D eigenvalue weighted by molar-refractivity contribution is 0.118. The molecule has 1 aromatic rings. The van der Waals surface area contributed by atoms with Crippen molar-refractivity contribution in [3.05, 3.63) is 18.2 Å². The van der Waals surface area contributed by atoms with E-state index in [1.165, 1.54) is 13.1 Å². The Morgan fingerprint density at radius 2 is 2.15 bits per heavy atom. The minimum atomic E-state index is -3.56. The first kappa shape index (κ1) is 15.1. The maximum absolute atomic E-state index is 12.2. The van der Waals surface area contributed by atoms with Crippen molar-refractivity contribution in [2.24, 2.45) is 0 Å². The predicted molar refractivity (Wildman–Crippen MR) is 79.3 cm³/mol. The van der Waals surface area contributed by atoms with Gasteiger partial charge in [0.1, 0.15) is 4.90 Å². The van der Waals surface area contributed by atoms with Crippen molar-refractivity contribution in [1.82, 2.24) is 4.72 Å². The first-order valence-corrected chi connectivity index (χ1v) is 8.02. The lowest BCUT2D eigenvalue weighted by Gasteiger charge is -2.30. The van der Waals surface area contributed by atoms with Gasteiger partial charge in [0.05, 0.1) is 17.8 Å². The van der Waals surface area contributed by atoms with E-state index in [9.17, 15) is 8.42 Å². The molecule has 1 heterocycles. The number of anilines is 2. The van der Waals surface area contributed by atoms with Gasteiger partial charge in [-0.05, 0) is 38.6 Å². The van der Waals surface area contributed by atoms with Crippen LogP contribution in [-0.4, -0.2) is 41.3 Å². The molecule has 1 fully saturated rings. The van der Waals surface area contributed by atoms with Crippen molar-refractivity contribution in [1.29, 1.82) is 0 Å². The molecular weight excluding hydrogens is 278 g/mol. The smallest absolute Gasteiger partial charge is 0.242 e. The molecule has 2 rings (SSSR count). The molecule has 1 aromatic carbocycles. The molecule has 1 aliphatic rings.